The molecule has 1 saturated heterocycles. The molecule has 382 valence electrons. The predicted molar refractivity (Wildman–Crippen MR) is 264 cm³/mol. The fourth-order valence-corrected chi connectivity index (χ4v) is 13.2. The number of aromatic carboxylic acids is 1. The Morgan fingerprint density at radius 1 is 0.986 bits per heavy atom. The van der Waals surface area contributed by atoms with Gasteiger partial charge in [-0.05, 0) is 93.6 Å². The van der Waals surface area contributed by atoms with Crippen molar-refractivity contribution in [2.75, 3.05) is 31.4 Å². The van der Waals surface area contributed by atoms with Gasteiger partial charge in [0.2, 0.25) is 0 Å². The van der Waals surface area contributed by atoms with E-state index in [9.17, 15) is 38.2 Å². The van der Waals surface area contributed by atoms with Gasteiger partial charge < -0.3 is 49.6 Å². The lowest BCUT2D eigenvalue weighted by Gasteiger charge is -2.25. The number of fused-ring (bicyclic) bond motifs is 3. The van der Waals surface area contributed by atoms with Crippen molar-refractivity contribution in [3.63, 3.8) is 0 Å². The van der Waals surface area contributed by atoms with Gasteiger partial charge in [-0.15, -0.1) is 0 Å². The third-order valence-corrected chi connectivity index (χ3v) is 17.9. The number of carboxylic acids is 1. The summed E-state index contributed by atoms with van der Waals surface area (Å²) < 4.78 is 67.8. The van der Waals surface area contributed by atoms with Crippen LogP contribution in [0.2, 0.25) is 0 Å². The molecule has 3 aliphatic rings. The maximum absolute atomic E-state index is 13.7. The Hall–Kier alpha value is -4.55. The van der Waals surface area contributed by atoms with E-state index in [1.54, 1.807) is 12.1 Å². The van der Waals surface area contributed by atoms with Gasteiger partial charge >= 0.3 is 29.4 Å². The van der Waals surface area contributed by atoms with Crippen LogP contribution in [0.1, 0.15) is 84.2 Å². The highest BCUT2D eigenvalue weighted by molar-refractivity contribution is 8.77. The monoisotopic (exact) mass is 1080 g/mol. The van der Waals surface area contributed by atoms with Crippen molar-refractivity contribution < 1.29 is 75.0 Å². The number of phosphoric ester groups is 1. The number of rotatable bonds is 21. The fourth-order valence-electron chi connectivity index (χ4n) is 7.95. The maximum Gasteiger partial charge on any atom is 0.490 e. The molecular formula is C43H52N7O16P3S2. The number of aromatic nitrogens is 4. The zero-order valence-corrected chi connectivity index (χ0v) is 43.4. The van der Waals surface area contributed by atoms with E-state index >= 15 is 0 Å². The molecule has 3 unspecified atom stereocenters. The molecule has 1 fully saturated rings. The quantitative estimate of drug-likeness (QED) is 0.0119. The topological polar surface area (TPSA) is 340 Å². The molecule has 8 N–H and O–H groups in total. The van der Waals surface area contributed by atoms with Crippen LogP contribution in [0.3, 0.4) is 0 Å². The Morgan fingerprint density at radius 3 is 2.45 bits per heavy atom. The van der Waals surface area contributed by atoms with Crippen LogP contribution in [-0.2, 0) is 42.7 Å². The van der Waals surface area contributed by atoms with Crippen LogP contribution in [0.5, 0.6) is 0 Å². The Bertz CT molecular complexity index is 3180. The number of nitrogens with one attached hydrogen (secondary N) is 1. The lowest BCUT2D eigenvalue weighted by molar-refractivity contribution is -0.0522. The second kappa shape index (κ2) is 21.9. The van der Waals surface area contributed by atoms with Gasteiger partial charge in [0.25, 0.3) is 5.91 Å². The first kappa shape index (κ1) is 54.2. The summed E-state index contributed by atoms with van der Waals surface area (Å²) in [5.41, 5.74) is 12.1. The molecule has 2 aromatic heterocycles. The number of hydrogen-bond acceptors (Lipinski definition) is 18. The van der Waals surface area contributed by atoms with Gasteiger partial charge in [0, 0.05) is 52.4 Å². The standard InChI is InChI=1S/C43H52N7O16P3S2/c1-7-9-25-15-32-29(12-23(25)3)37(30-13-24(4)31(45-8-2)16-33(30)63-32)27-11-10-26(14-28(27)42(52)53)41(51)46-19-43(5,6)71-70-22-61-34-17-36(50-21-49-38-39(44)47-20-48-40(38)50)64-35(34)18-62-68(57,58)66-69(59,60)65-67(54,55)56/h10-16,20-21,34-36H,7-9,17-19,22H2,1-6H3,(H,46,51)(H,52,53)(H,57,58)(H,59,60)(H2,44,47,48)(H2,54,55,56)/t34?,35-,36-/m1/s1. The van der Waals surface area contributed by atoms with Crippen molar-refractivity contribution in [3.05, 3.63) is 88.3 Å². The summed E-state index contributed by atoms with van der Waals surface area (Å²) in [5, 5.41) is 15.1. The van der Waals surface area contributed by atoms with E-state index in [4.69, 9.17) is 33.9 Å². The van der Waals surface area contributed by atoms with E-state index in [2.05, 4.69) is 40.8 Å². The average molecular weight is 1080 g/mol. The van der Waals surface area contributed by atoms with Crippen LogP contribution in [0.4, 0.5) is 5.82 Å². The number of anilines is 1. The highest BCUT2D eigenvalue weighted by Gasteiger charge is 2.44. The number of nitrogen functional groups attached to an aromatic ring is 1. The van der Waals surface area contributed by atoms with E-state index < -0.39 is 65.1 Å². The highest BCUT2D eigenvalue weighted by atomic mass is 33.1. The highest BCUT2D eigenvalue weighted by Crippen LogP contribution is 2.66. The Kier molecular flexibility index (Phi) is 16.7. The van der Waals surface area contributed by atoms with Crippen LogP contribution in [0, 0.1) is 13.8 Å². The van der Waals surface area contributed by atoms with Crippen LogP contribution in [-0.4, -0.2) is 98.7 Å². The number of nitrogens with zero attached hydrogens (tertiary/aromatic N) is 5. The van der Waals surface area contributed by atoms with Crippen molar-refractivity contribution >= 4 is 84.9 Å². The molecule has 28 heteroatoms. The summed E-state index contributed by atoms with van der Waals surface area (Å²) in [5.74, 6) is -1.06. The zero-order valence-electron chi connectivity index (χ0n) is 39.1. The molecule has 2 aromatic carbocycles. The number of phosphoric acid groups is 3. The minimum Gasteiger partial charge on any atom is -0.478 e. The predicted octanol–water partition coefficient (Wildman–Crippen LogP) is 7.68. The van der Waals surface area contributed by atoms with Crippen molar-refractivity contribution in [2.45, 2.75) is 84.0 Å². The molecule has 0 spiro atoms. The Balaban J connectivity index is 1.04. The number of imidazole rings is 1. The smallest absolute Gasteiger partial charge is 0.478 e. The van der Waals surface area contributed by atoms with Gasteiger partial charge in [-0.1, -0.05) is 41.0 Å². The number of carboxylic acid groups (broad SMARTS) is 1. The van der Waals surface area contributed by atoms with Crippen LogP contribution >= 0.6 is 45.1 Å². The number of hydrogen-bond donors (Lipinski definition) is 7. The summed E-state index contributed by atoms with van der Waals surface area (Å²) in [4.78, 5) is 81.3. The number of ether oxygens (including phenoxy) is 2. The Morgan fingerprint density at radius 2 is 1.75 bits per heavy atom. The Labute approximate surface area is 414 Å². The van der Waals surface area contributed by atoms with E-state index in [1.807, 2.05) is 58.9 Å². The normalized spacial score (nSPS) is 18.6. The number of carbonyl (C=O) groups is 2. The molecule has 4 aromatic rings. The summed E-state index contributed by atoms with van der Waals surface area (Å²) in [6.07, 6.45) is 1.64. The molecule has 4 heterocycles. The van der Waals surface area contributed by atoms with Crippen LogP contribution in [0.25, 0.3) is 44.6 Å². The number of amides is 1. The minimum absolute atomic E-state index is 0.00154. The molecule has 23 nitrogen and oxygen atoms in total. The molecule has 2 aliphatic heterocycles. The van der Waals surface area contributed by atoms with Crippen LogP contribution < -0.4 is 16.4 Å². The van der Waals surface area contributed by atoms with Gasteiger partial charge in [-0.3, -0.25) is 18.9 Å². The second-order valence-corrected chi connectivity index (χ2v) is 24.3. The van der Waals surface area contributed by atoms with E-state index in [-0.39, 0.29) is 41.4 Å². The van der Waals surface area contributed by atoms with E-state index in [0.717, 1.165) is 40.3 Å². The van der Waals surface area contributed by atoms with Gasteiger partial charge in [0.1, 0.15) is 41.5 Å². The summed E-state index contributed by atoms with van der Waals surface area (Å²) >= 11 is 0. The summed E-state index contributed by atoms with van der Waals surface area (Å²) in [6, 6.07) is 12.5. The maximum atomic E-state index is 13.7. The molecule has 5 atom stereocenters. The molecule has 0 saturated carbocycles. The first-order valence-corrected chi connectivity index (χ1v) is 28.7. The lowest BCUT2D eigenvalue weighted by atomic mass is 9.88. The number of benzene rings is 3. The minimum atomic E-state index is -5.78. The summed E-state index contributed by atoms with van der Waals surface area (Å²) in [7, 11) is -14.3. The van der Waals surface area contributed by atoms with Gasteiger partial charge in [0.15, 0.2) is 11.5 Å². The number of carbonyl (C=O) groups excluding carboxylic acids is 1. The van der Waals surface area contributed by atoms with E-state index in [1.165, 1.54) is 44.9 Å². The molecule has 7 rings (SSSR count). The van der Waals surface area contributed by atoms with Crippen molar-refractivity contribution in [1.29, 1.82) is 0 Å². The molecular weight excluding hydrogens is 1030 g/mol. The SMILES string of the molecule is CCCc1cc2oc3cc(=NCC)c(C)cc-3c(-c3ccc(C(=O)NCC(C)(C)SSCOC4C[C@H](n5cnc6c(N)ncnc65)O[C@@H]4COP(=O)(O)OP(=O)(O)OP(=O)(O)O)cc3C(=O)O)c2cc1C. The third kappa shape index (κ3) is 13.2. The molecule has 1 amide bonds. The number of aryl methyl sites for hydroxylation is 3. The second-order valence-electron chi connectivity index (χ2n) is 17.0. The van der Waals surface area contributed by atoms with Crippen LogP contribution in [0.15, 0.2) is 64.5 Å². The fraction of sp³-hybridized carbons (Fsp3) is 0.395. The average Bonchev–Trinajstić information content (AvgIpc) is 3.90. The molecule has 1 aliphatic carbocycles. The van der Waals surface area contributed by atoms with Crippen molar-refractivity contribution in [2.24, 2.45) is 4.99 Å². The van der Waals surface area contributed by atoms with Gasteiger partial charge in [-0.25, -0.2) is 33.4 Å². The van der Waals surface area contributed by atoms with E-state index in [0.29, 0.717) is 40.2 Å². The largest absolute Gasteiger partial charge is 0.490 e. The first-order valence-electron chi connectivity index (χ1n) is 21.8. The molecule has 71 heavy (non-hydrogen) atoms. The van der Waals surface area contributed by atoms with Crippen molar-refractivity contribution in [1.82, 2.24) is 24.8 Å². The zero-order chi connectivity index (χ0) is 51.6. The molecule has 0 bridgehead atoms. The number of nitrogens with two attached hydrogens (primary N) is 1. The first-order chi connectivity index (χ1) is 33.4. The summed E-state index contributed by atoms with van der Waals surface area (Å²) in [6.45, 7) is 11.7. The lowest BCUT2D eigenvalue weighted by Crippen LogP contribution is -2.36. The molecule has 0 radical (unpaired) electrons. The third-order valence-electron chi connectivity index (χ3n) is 11.1. The van der Waals surface area contributed by atoms with Gasteiger partial charge in [0.05, 0.1) is 30.0 Å². The van der Waals surface area contributed by atoms with Gasteiger partial charge in [-0.2, -0.15) is 8.62 Å². The van der Waals surface area contributed by atoms with Crippen molar-refractivity contribution in [3.8, 4) is 22.5 Å².